The van der Waals surface area contributed by atoms with E-state index in [0.717, 1.165) is 31.4 Å². The minimum atomic E-state index is 0.339. The van der Waals surface area contributed by atoms with Crippen LogP contribution in [0.15, 0.2) is 18.5 Å². The van der Waals surface area contributed by atoms with Crippen LogP contribution in [0.5, 0.6) is 0 Å². The van der Waals surface area contributed by atoms with E-state index in [0.29, 0.717) is 30.9 Å². The minimum Gasteiger partial charge on any atom is -0.380 e. The highest BCUT2D eigenvalue weighted by Crippen LogP contribution is 2.19. The fourth-order valence-electron chi connectivity index (χ4n) is 2.30. The van der Waals surface area contributed by atoms with Gasteiger partial charge in [-0.3, -0.25) is 4.98 Å². The molecule has 1 aromatic heterocycles. The van der Waals surface area contributed by atoms with Gasteiger partial charge >= 0.3 is 0 Å². The van der Waals surface area contributed by atoms with E-state index in [1.807, 2.05) is 0 Å². The SMILES string of the molecule is N#Cc1ccncc1NCCOC1CCC(N)CC1. The number of nitrogens with two attached hydrogens (primary N) is 1. The number of hydrogen-bond acceptors (Lipinski definition) is 5. The zero-order valence-electron chi connectivity index (χ0n) is 11.0. The average molecular weight is 260 g/mol. The molecule has 3 N–H and O–H groups in total. The molecule has 1 saturated carbocycles. The molecule has 1 aliphatic carbocycles. The van der Waals surface area contributed by atoms with Crippen LogP contribution in [0.4, 0.5) is 5.69 Å². The van der Waals surface area contributed by atoms with Gasteiger partial charge in [0.15, 0.2) is 0 Å². The molecule has 0 saturated heterocycles. The second kappa shape index (κ2) is 7.07. The molecule has 19 heavy (non-hydrogen) atoms. The van der Waals surface area contributed by atoms with Crippen LogP contribution in [0, 0.1) is 11.3 Å². The molecule has 0 amide bonds. The number of pyridine rings is 1. The number of nitrogens with one attached hydrogen (secondary N) is 1. The lowest BCUT2D eigenvalue weighted by Gasteiger charge is -2.26. The average Bonchev–Trinajstić information content (AvgIpc) is 2.46. The number of rotatable bonds is 5. The van der Waals surface area contributed by atoms with Gasteiger partial charge in [-0.15, -0.1) is 0 Å². The molecular weight excluding hydrogens is 240 g/mol. The van der Waals surface area contributed by atoms with Crippen molar-refractivity contribution in [3.05, 3.63) is 24.0 Å². The number of aromatic nitrogens is 1. The number of hydrogen-bond donors (Lipinski definition) is 2. The monoisotopic (exact) mass is 260 g/mol. The summed E-state index contributed by atoms with van der Waals surface area (Å²) in [7, 11) is 0. The summed E-state index contributed by atoms with van der Waals surface area (Å²) in [5, 5.41) is 12.1. The van der Waals surface area contributed by atoms with E-state index in [1.54, 1.807) is 18.5 Å². The summed E-state index contributed by atoms with van der Waals surface area (Å²) in [6.07, 6.45) is 7.84. The highest BCUT2D eigenvalue weighted by molar-refractivity contribution is 5.55. The van der Waals surface area contributed by atoms with E-state index in [9.17, 15) is 0 Å². The van der Waals surface area contributed by atoms with Crippen LogP contribution >= 0.6 is 0 Å². The Hall–Kier alpha value is -1.64. The van der Waals surface area contributed by atoms with Crippen molar-refractivity contribution >= 4 is 5.69 Å². The van der Waals surface area contributed by atoms with Gasteiger partial charge in [-0.05, 0) is 31.7 Å². The molecule has 5 nitrogen and oxygen atoms in total. The predicted octanol–water partition coefficient (Wildman–Crippen LogP) is 1.65. The topological polar surface area (TPSA) is 84.0 Å². The van der Waals surface area contributed by atoms with Gasteiger partial charge in [0, 0.05) is 18.8 Å². The van der Waals surface area contributed by atoms with Crippen molar-refractivity contribution in [2.75, 3.05) is 18.5 Å². The summed E-state index contributed by atoms with van der Waals surface area (Å²) in [6.45, 7) is 1.32. The van der Waals surface area contributed by atoms with Gasteiger partial charge in [-0.2, -0.15) is 5.26 Å². The van der Waals surface area contributed by atoms with Crippen molar-refractivity contribution in [1.29, 1.82) is 5.26 Å². The van der Waals surface area contributed by atoms with Crippen LogP contribution in [-0.4, -0.2) is 30.3 Å². The summed E-state index contributed by atoms with van der Waals surface area (Å²) in [4.78, 5) is 4.00. The molecule has 1 heterocycles. The molecule has 0 unspecified atom stereocenters. The molecule has 0 aliphatic heterocycles. The summed E-state index contributed by atoms with van der Waals surface area (Å²) in [6, 6.07) is 4.19. The van der Waals surface area contributed by atoms with Crippen molar-refractivity contribution in [1.82, 2.24) is 4.98 Å². The Balaban J connectivity index is 1.68. The molecule has 1 aromatic rings. The van der Waals surface area contributed by atoms with Gasteiger partial charge in [0.25, 0.3) is 0 Å². The van der Waals surface area contributed by atoms with Crippen LogP contribution in [0.1, 0.15) is 31.2 Å². The van der Waals surface area contributed by atoms with E-state index in [1.165, 1.54) is 0 Å². The van der Waals surface area contributed by atoms with E-state index < -0.39 is 0 Å². The van der Waals surface area contributed by atoms with Gasteiger partial charge in [-0.1, -0.05) is 0 Å². The quantitative estimate of drug-likeness (QED) is 0.786. The number of anilines is 1. The largest absolute Gasteiger partial charge is 0.380 e. The maximum Gasteiger partial charge on any atom is 0.101 e. The third-order valence-electron chi connectivity index (χ3n) is 3.43. The zero-order valence-corrected chi connectivity index (χ0v) is 11.0. The molecule has 1 fully saturated rings. The highest BCUT2D eigenvalue weighted by Gasteiger charge is 2.18. The number of nitrogens with zero attached hydrogens (tertiary/aromatic N) is 2. The van der Waals surface area contributed by atoms with Crippen LogP contribution < -0.4 is 11.1 Å². The molecule has 0 radical (unpaired) electrons. The summed E-state index contributed by atoms with van der Waals surface area (Å²) in [5.74, 6) is 0. The smallest absolute Gasteiger partial charge is 0.101 e. The fraction of sp³-hybridized carbons (Fsp3) is 0.571. The first kappa shape index (κ1) is 13.8. The first-order valence-electron chi connectivity index (χ1n) is 6.74. The second-order valence-electron chi connectivity index (χ2n) is 4.87. The van der Waals surface area contributed by atoms with E-state index in [4.69, 9.17) is 15.7 Å². The normalized spacial score (nSPS) is 22.7. The third-order valence-corrected chi connectivity index (χ3v) is 3.43. The summed E-state index contributed by atoms with van der Waals surface area (Å²) < 4.78 is 5.81. The first-order chi connectivity index (χ1) is 9.29. The Bertz CT molecular complexity index is 435. The molecule has 0 aromatic carbocycles. The van der Waals surface area contributed by atoms with Gasteiger partial charge in [0.05, 0.1) is 30.2 Å². The number of ether oxygens (including phenoxy) is 1. The van der Waals surface area contributed by atoms with Crippen LogP contribution in [-0.2, 0) is 4.74 Å². The Morgan fingerprint density at radius 3 is 2.95 bits per heavy atom. The van der Waals surface area contributed by atoms with Gasteiger partial charge in [0.2, 0.25) is 0 Å². The molecule has 0 spiro atoms. The lowest BCUT2D eigenvalue weighted by atomic mass is 9.94. The van der Waals surface area contributed by atoms with Gasteiger partial charge in [-0.25, -0.2) is 0 Å². The Labute approximate surface area is 113 Å². The Morgan fingerprint density at radius 2 is 2.21 bits per heavy atom. The third kappa shape index (κ3) is 4.19. The van der Waals surface area contributed by atoms with Crippen LogP contribution in [0.3, 0.4) is 0 Å². The predicted molar refractivity (Wildman–Crippen MR) is 73.6 cm³/mol. The van der Waals surface area contributed by atoms with Crippen molar-refractivity contribution in [2.45, 2.75) is 37.8 Å². The molecule has 1 aliphatic rings. The molecular formula is C14H20N4O. The lowest BCUT2D eigenvalue weighted by molar-refractivity contribution is 0.0313. The maximum atomic E-state index is 8.94. The molecule has 5 heteroatoms. The lowest BCUT2D eigenvalue weighted by Crippen LogP contribution is -2.31. The van der Waals surface area contributed by atoms with E-state index in [-0.39, 0.29) is 0 Å². The standard InChI is InChI=1S/C14H20N4O/c15-9-11-5-6-17-10-14(11)18-7-8-19-13-3-1-12(16)2-4-13/h5-6,10,12-13,18H,1-4,7-8,16H2. The first-order valence-corrected chi connectivity index (χ1v) is 6.74. The fourth-order valence-corrected chi connectivity index (χ4v) is 2.30. The second-order valence-corrected chi connectivity index (χ2v) is 4.87. The molecule has 2 rings (SSSR count). The Kier molecular flexibility index (Phi) is 5.13. The zero-order chi connectivity index (χ0) is 13.5. The molecule has 102 valence electrons. The van der Waals surface area contributed by atoms with Crippen LogP contribution in [0.25, 0.3) is 0 Å². The molecule has 0 atom stereocenters. The van der Waals surface area contributed by atoms with Crippen molar-refractivity contribution in [3.63, 3.8) is 0 Å². The van der Waals surface area contributed by atoms with Gasteiger partial charge < -0.3 is 15.8 Å². The summed E-state index contributed by atoms with van der Waals surface area (Å²) in [5.41, 5.74) is 7.23. The Morgan fingerprint density at radius 1 is 1.42 bits per heavy atom. The molecule has 0 bridgehead atoms. The number of nitriles is 1. The summed E-state index contributed by atoms with van der Waals surface area (Å²) >= 11 is 0. The van der Waals surface area contributed by atoms with Crippen LogP contribution in [0.2, 0.25) is 0 Å². The van der Waals surface area contributed by atoms with Crippen molar-refractivity contribution < 1.29 is 4.74 Å². The van der Waals surface area contributed by atoms with Crippen molar-refractivity contribution in [3.8, 4) is 6.07 Å². The minimum absolute atomic E-state index is 0.339. The van der Waals surface area contributed by atoms with Crippen molar-refractivity contribution in [2.24, 2.45) is 5.73 Å². The van der Waals surface area contributed by atoms with E-state index >= 15 is 0 Å². The van der Waals surface area contributed by atoms with E-state index in [2.05, 4.69) is 16.4 Å². The maximum absolute atomic E-state index is 8.94. The highest BCUT2D eigenvalue weighted by atomic mass is 16.5. The van der Waals surface area contributed by atoms with Gasteiger partial charge in [0.1, 0.15) is 6.07 Å².